The minimum absolute atomic E-state index is 0.0639. The lowest BCUT2D eigenvalue weighted by Crippen LogP contribution is -2.26. The molecule has 0 aliphatic carbocycles. The summed E-state index contributed by atoms with van der Waals surface area (Å²) in [6, 6.07) is 5.66. The molecule has 0 radical (unpaired) electrons. The van der Waals surface area contributed by atoms with Crippen molar-refractivity contribution >= 4 is 21.9 Å². The molecule has 0 saturated carbocycles. The molecule has 1 rings (SSSR count). The van der Waals surface area contributed by atoms with Gasteiger partial charge in [0, 0.05) is 10.5 Å². The Balaban J connectivity index is 2.76. The molecule has 19 heavy (non-hydrogen) atoms. The van der Waals surface area contributed by atoms with Gasteiger partial charge >= 0.3 is 5.97 Å². The fourth-order valence-electron chi connectivity index (χ4n) is 1.64. The van der Waals surface area contributed by atoms with Crippen LogP contribution in [0.1, 0.15) is 26.3 Å². The molecule has 106 valence electrons. The molecule has 0 aromatic heterocycles. The number of carbonyl (C=O) groups excluding carboxylic acids is 1. The largest absolute Gasteiger partial charge is 0.479 e. The number of nitrogens with two attached hydrogens (primary N) is 1. The van der Waals surface area contributed by atoms with Crippen LogP contribution in [-0.2, 0) is 16.0 Å². The first kappa shape index (κ1) is 16.0. The van der Waals surface area contributed by atoms with E-state index in [1.807, 2.05) is 25.1 Å². The summed E-state index contributed by atoms with van der Waals surface area (Å²) in [4.78, 5) is 11.5. The first-order chi connectivity index (χ1) is 8.93. The number of ether oxygens (including phenoxy) is 2. The van der Waals surface area contributed by atoms with E-state index in [-0.39, 0.29) is 12.0 Å². The summed E-state index contributed by atoms with van der Waals surface area (Å²) in [6.45, 7) is 5.74. The van der Waals surface area contributed by atoms with Gasteiger partial charge in [-0.3, -0.25) is 0 Å². The van der Waals surface area contributed by atoms with Crippen LogP contribution in [0.2, 0.25) is 0 Å². The van der Waals surface area contributed by atoms with E-state index in [0.717, 1.165) is 16.5 Å². The van der Waals surface area contributed by atoms with E-state index in [4.69, 9.17) is 15.2 Å². The maximum Gasteiger partial charge on any atom is 0.347 e. The zero-order valence-electron chi connectivity index (χ0n) is 11.5. The van der Waals surface area contributed by atoms with Gasteiger partial charge in [0.15, 0.2) is 6.10 Å². The smallest absolute Gasteiger partial charge is 0.347 e. The van der Waals surface area contributed by atoms with Crippen molar-refractivity contribution in [3.63, 3.8) is 0 Å². The summed E-state index contributed by atoms with van der Waals surface area (Å²) >= 11 is 3.48. The highest BCUT2D eigenvalue weighted by Crippen LogP contribution is 2.24. The Morgan fingerprint density at radius 1 is 1.42 bits per heavy atom. The van der Waals surface area contributed by atoms with E-state index in [0.29, 0.717) is 12.4 Å². The molecule has 0 heterocycles. The van der Waals surface area contributed by atoms with Crippen molar-refractivity contribution in [2.75, 3.05) is 6.61 Å². The summed E-state index contributed by atoms with van der Waals surface area (Å²) in [5.74, 6) is 0.276. The van der Waals surface area contributed by atoms with Gasteiger partial charge in [-0.15, -0.1) is 0 Å². The van der Waals surface area contributed by atoms with Gasteiger partial charge in [-0.2, -0.15) is 0 Å². The van der Waals surface area contributed by atoms with Crippen molar-refractivity contribution in [1.29, 1.82) is 0 Å². The number of halogens is 1. The highest BCUT2D eigenvalue weighted by atomic mass is 79.9. The molecular weight excluding hydrogens is 310 g/mol. The highest BCUT2D eigenvalue weighted by Gasteiger charge is 2.16. The van der Waals surface area contributed by atoms with Gasteiger partial charge in [0.2, 0.25) is 0 Å². The van der Waals surface area contributed by atoms with Crippen LogP contribution in [0.25, 0.3) is 0 Å². The van der Waals surface area contributed by atoms with E-state index < -0.39 is 6.10 Å². The van der Waals surface area contributed by atoms with Crippen LogP contribution < -0.4 is 10.5 Å². The van der Waals surface area contributed by atoms with Gasteiger partial charge in [-0.05, 0) is 51.0 Å². The summed E-state index contributed by atoms with van der Waals surface area (Å²) < 4.78 is 11.5. The second kappa shape index (κ2) is 7.50. The molecule has 1 aromatic rings. The lowest BCUT2D eigenvalue weighted by atomic mass is 10.1. The van der Waals surface area contributed by atoms with Gasteiger partial charge in [-0.1, -0.05) is 15.9 Å². The van der Waals surface area contributed by atoms with Crippen LogP contribution in [0.3, 0.4) is 0 Å². The third-order valence-electron chi connectivity index (χ3n) is 2.49. The van der Waals surface area contributed by atoms with E-state index in [1.165, 1.54) is 0 Å². The Morgan fingerprint density at radius 2 is 2.11 bits per heavy atom. The van der Waals surface area contributed by atoms with Crippen LogP contribution in [0.4, 0.5) is 0 Å². The lowest BCUT2D eigenvalue weighted by Gasteiger charge is -2.15. The predicted molar refractivity (Wildman–Crippen MR) is 78.2 cm³/mol. The van der Waals surface area contributed by atoms with Gasteiger partial charge in [-0.25, -0.2) is 4.79 Å². The van der Waals surface area contributed by atoms with Crippen molar-refractivity contribution in [2.24, 2.45) is 5.73 Å². The summed E-state index contributed by atoms with van der Waals surface area (Å²) in [6.07, 6.45) is 0.121. The fourth-order valence-corrected chi connectivity index (χ4v) is 2.05. The minimum Gasteiger partial charge on any atom is -0.479 e. The zero-order valence-corrected chi connectivity index (χ0v) is 13.1. The predicted octanol–water partition coefficient (Wildman–Crippen LogP) is 2.67. The Hall–Kier alpha value is -1.07. The van der Waals surface area contributed by atoms with E-state index in [2.05, 4.69) is 15.9 Å². The number of hydrogen-bond donors (Lipinski definition) is 1. The van der Waals surface area contributed by atoms with Crippen molar-refractivity contribution in [3.05, 3.63) is 28.2 Å². The molecule has 0 amide bonds. The standard InChI is InChI=1S/C14H20BrNO3/c1-4-18-14(17)10(3)19-12-5-6-13(15)11(8-12)7-9(2)16/h5-6,8-10H,4,7,16H2,1-3H3. The number of rotatable bonds is 6. The van der Waals surface area contributed by atoms with Gasteiger partial charge in [0.05, 0.1) is 6.61 Å². The molecule has 0 aliphatic heterocycles. The average molecular weight is 330 g/mol. The van der Waals surface area contributed by atoms with Crippen LogP contribution in [0, 0.1) is 0 Å². The molecule has 0 fully saturated rings. The van der Waals surface area contributed by atoms with Gasteiger partial charge < -0.3 is 15.2 Å². The molecule has 2 N–H and O–H groups in total. The molecule has 0 spiro atoms. The highest BCUT2D eigenvalue weighted by molar-refractivity contribution is 9.10. The van der Waals surface area contributed by atoms with Gasteiger partial charge in [0.1, 0.15) is 5.75 Å². The molecule has 0 bridgehead atoms. The van der Waals surface area contributed by atoms with Crippen molar-refractivity contribution in [2.45, 2.75) is 39.3 Å². The SMILES string of the molecule is CCOC(=O)C(C)Oc1ccc(Br)c(CC(C)N)c1. The number of benzene rings is 1. The summed E-state index contributed by atoms with van der Waals surface area (Å²) in [5.41, 5.74) is 6.86. The average Bonchev–Trinajstić information content (AvgIpc) is 2.33. The summed E-state index contributed by atoms with van der Waals surface area (Å²) in [5, 5.41) is 0. The Morgan fingerprint density at radius 3 is 2.68 bits per heavy atom. The number of carbonyl (C=O) groups is 1. The van der Waals surface area contributed by atoms with Crippen LogP contribution in [0.5, 0.6) is 5.75 Å². The van der Waals surface area contributed by atoms with Crippen LogP contribution >= 0.6 is 15.9 Å². The monoisotopic (exact) mass is 329 g/mol. The maximum atomic E-state index is 11.5. The van der Waals surface area contributed by atoms with Crippen LogP contribution in [-0.4, -0.2) is 24.7 Å². The van der Waals surface area contributed by atoms with E-state index in [1.54, 1.807) is 13.8 Å². The molecule has 2 unspecified atom stereocenters. The molecular formula is C14H20BrNO3. The fraction of sp³-hybridized carbons (Fsp3) is 0.500. The quantitative estimate of drug-likeness (QED) is 0.815. The molecule has 2 atom stereocenters. The normalized spacial score (nSPS) is 13.7. The first-order valence-electron chi connectivity index (χ1n) is 6.31. The minimum atomic E-state index is -0.621. The van der Waals surface area contributed by atoms with Crippen molar-refractivity contribution < 1.29 is 14.3 Å². The van der Waals surface area contributed by atoms with Crippen LogP contribution in [0.15, 0.2) is 22.7 Å². The third-order valence-corrected chi connectivity index (χ3v) is 3.26. The second-order valence-corrected chi connectivity index (χ2v) is 5.30. The summed E-state index contributed by atoms with van der Waals surface area (Å²) in [7, 11) is 0. The molecule has 0 aliphatic rings. The van der Waals surface area contributed by atoms with Gasteiger partial charge in [0.25, 0.3) is 0 Å². The van der Waals surface area contributed by atoms with Crippen molar-refractivity contribution in [3.8, 4) is 5.75 Å². The molecule has 5 heteroatoms. The molecule has 1 aromatic carbocycles. The Kier molecular flexibility index (Phi) is 6.31. The van der Waals surface area contributed by atoms with E-state index >= 15 is 0 Å². The number of hydrogen-bond acceptors (Lipinski definition) is 4. The topological polar surface area (TPSA) is 61.5 Å². The Bertz CT molecular complexity index is 435. The first-order valence-corrected chi connectivity index (χ1v) is 7.10. The lowest BCUT2D eigenvalue weighted by molar-refractivity contribution is -0.150. The number of esters is 1. The second-order valence-electron chi connectivity index (χ2n) is 4.45. The van der Waals surface area contributed by atoms with E-state index in [9.17, 15) is 4.79 Å². The zero-order chi connectivity index (χ0) is 14.4. The third kappa shape index (κ3) is 5.20. The van der Waals surface area contributed by atoms with Crippen molar-refractivity contribution in [1.82, 2.24) is 0 Å². The Labute approximate surface area is 122 Å². The maximum absolute atomic E-state index is 11.5. The molecule has 0 saturated heterocycles. The molecule has 4 nitrogen and oxygen atoms in total.